The van der Waals surface area contributed by atoms with Crippen LogP contribution in [0.3, 0.4) is 0 Å². The molecule has 0 bridgehead atoms. The van der Waals surface area contributed by atoms with Crippen molar-refractivity contribution in [2.75, 3.05) is 5.32 Å². The third-order valence-corrected chi connectivity index (χ3v) is 2.83. The molecule has 0 heterocycles. The van der Waals surface area contributed by atoms with E-state index in [0.29, 0.717) is 5.56 Å². The lowest BCUT2D eigenvalue weighted by atomic mass is 10.1. The summed E-state index contributed by atoms with van der Waals surface area (Å²) in [5, 5.41) is 12.0. The van der Waals surface area contributed by atoms with Gasteiger partial charge in [-0.2, -0.15) is 5.26 Å². The summed E-state index contributed by atoms with van der Waals surface area (Å²) < 4.78 is 13.2. The van der Waals surface area contributed by atoms with E-state index in [4.69, 9.17) is 5.26 Å². The Labute approximate surface area is 106 Å². The highest BCUT2D eigenvalue weighted by atomic mass is 19.1. The summed E-state index contributed by atoms with van der Waals surface area (Å²) in [6.07, 6.45) is 0. The van der Waals surface area contributed by atoms with Gasteiger partial charge >= 0.3 is 0 Å². The van der Waals surface area contributed by atoms with Crippen LogP contribution in [0.4, 0.5) is 15.8 Å². The van der Waals surface area contributed by atoms with Gasteiger partial charge in [-0.1, -0.05) is 6.07 Å². The largest absolute Gasteiger partial charge is 0.355 e. The maximum Gasteiger partial charge on any atom is 0.125 e. The lowest BCUT2D eigenvalue weighted by Gasteiger charge is -2.10. The highest BCUT2D eigenvalue weighted by molar-refractivity contribution is 5.64. The number of nitriles is 1. The number of nitrogens with zero attached hydrogens (tertiary/aromatic N) is 1. The molecule has 0 aliphatic carbocycles. The van der Waals surface area contributed by atoms with Gasteiger partial charge in [-0.05, 0) is 55.3 Å². The lowest BCUT2D eigenvalue weighted by molar-refractivity contribution is 0.628. The Balaban J connectivity index is 2.32. The maximum atomic E-state index is 13.2. The van der Waals surface area contributed by atoms with Crippen LogP contribution in [0.2, 0.25) is 0 Å². The highest BCUT2D eigenvalue weighted by Crippen LogP contribution is 2.23. The standard InChI is InChI=1S/C15H13FN2/c1-10-3-5-13(16)8-15(10)18-14-6-4-12(9-17)11(2)7-14/h3-8,18H,1-2H3. The van der Waals surface area contributed by atoms with Crippen molar-refractivity contribution in [2.45, 2.75) is 13.8 Å². The van der Waals surface area contributed by atoms with Gasteiger partial charge in [0, 0.05) is 11.4 Å². The topological polar surface area (TPSA) is 35.8 Å². The molecule has 0 aliphatic rings. The minimum atomic E-state index is -0.270. The van der Waals surface area contributed by atoms with Crippen LogP contribution >= 0.6 is 0 Å². The Morgan fingerprint density at radius 1 is 1.06 bits per heavy atom. The van der Waals surface area contributed by atoms with Crippen molar-refractivity contribution in [3.05, 3.63) is 58.9 Å². The first-order valence-corrected chi connectivity index (χ1v) is 5.64. The van der Waals surface area contributed by atoms with Gasteiger partial charge in [0.05, 0.1) is 11.6 Å². The second-order valence-electron chi connectivity index (χ2n) is 4.23. The predicted octanol–water partition coefficient (Wildman–Crippen LogP) is 4.06. The molecule has 2 nitrogen and oxygen atoms in total. The number of hydrogen-bond acceptors (Lipinski definition) is 2. The quantitative estimate of drug-likeness (QED) is 0.859. The van der Waals surface area contributed by atoms with Crippen LogP contribution < -0.4 is 5.32 Å². The molecule has 2 rings (SSSR count). The number of rotatable bonds is 2. The van der Waals surface area contributed by atoms with Crippen molar-refractivity contribution in [1.82, 2.24) is 0 Å². The summed E-state index contributed by atoms with van der Waals surface area (Å²) in [4.78, 5) is 0. The van der Waals surface area contributed by atoms with Gasteiger partial charge in [0.25, 0.3) is 0 Å². The van der Waals surface area contributed by atoms with Crippen LogP contribution in [0.15, 0.2) is 36.4 Å². The Bertz CT molecular complexity index is 627. The van der Waals surface area contributed by atoms with Crippen molar-refractivity contribution >= 4 is 11.4 Å². The molecule has 3 heteroatoms. The summed E-state index contributed by atoms with van der Waals surface area (Å²) in [5.41, 5.74) is 4.10. The molecule has 0 amide bonds. The number of halogens is 1. The third-order valence-electron chi connectivity index (χ3n) is 2.83. The van der Waals surface area contributed by atoms with Gasteiger partial charge in [0.15, 0.2) is 0 Å². The molecule has 0 unspecified atom stereocenters. The van der Waals surface area contributed by atoms with Crippen LogP contribution in [-0.4, -0.2) is 0 Å². The summed E-state index contributed by atoms with van der Waals surface area (Å²) in [6.45, 7) is 3.79. The van der Waals surface area contributed by atoms with Gasteiger partial charge in [0.2, 0.25) is 0 Å². The average molecular weight is 240 g/mol. The van der Waals surface area contributed by atoms with Crippen LogP contribution in [-0.2, 0) is 0 Å². The number of anilines is 2. The normalized spacial score (nSPS) is 9.89. The molecule has 2 aromatic carbocycles. The Hall–Kier alpha value is -2.34. The Morgan fingerprint density at radius 3 is 2.50 bits per heavy atom. The molecule has 0 fully saturated rings. The molecule has 90 valence electrons. The fourth-order valence-corrected chi connectivity index (χ4v) is 1.75. The maximum absolute atomic E-state index is 13.2. The number of aryl methyl sites for hydroxylation is 2. The lowest BCUT2D eigenvalue weighted by Crippen LogP contribution is -1.95. The zero-order valence-corrected chi connectivity index (χ0v) is 10.3. The summed E-state index contributed by atoms with van der Waals surface area (Å²) in [6, 6.07) is 12.2. The second-order valence-corrected chi connectivity index (χ2v) is 4.23. The van der Waals surface area contributed by atoms with Gasteiger partial charge in [-0.25, -0.2) is 4.39 Å². The molecule has 18 heavy (non-hydrogen) atoms. The van der Waals surface area contributed by atoms with Gasteiger partial charge in [-0.3, -0.25) is 0 Å². The molecule has 0 atom stereocenters. The fourth-order valence-electron chi connectivity index (χ4n) is 1.75. The Morgan fingerprint density at radius 2 is 1.83 bits per heavy atom. The monoisotopic (exact) mass is 240 g/mol. The van der Waals surface area contributed by atoms with E-state index in [-0.39, 0.29) is 5.82 Å². The van der Waals surface area contributed by atoms with Gasteiger partial charge in [-0.15, -0.1) is 0 Å². The molecule has 1 N–H and O–H groups in total. The molecule has 0 aliphatic heterocycles. The van der Waals surface area contributed by atoms with Gasteiger partial charge < -0.3 is 5.32 Å². The first-order chi connectivity index (χ1) is 8.60. The molecule has 0 saturated carbocycles. The predicted molar refractivity (Wildman–Crippen MR) is 70.3 cm³/mol. The Kier molecular flexibility index (Phi) is 3.29. The van der Waals surface area contributed by atoms with Crippen LogP contribution in [0.5, 0.6) is 0 Å². The number of nitrogens with one attached hydrogen (secondary N) is 1. The van der Waals surface area contributed by atoms with Crippen LogP contribution in [0, 0.1) is 31.0 Å². The van der Waals surface area contributed by atoms with Crippen molar-refractivity contribution in [1.29, 1.82) is 5.26 Å². The van der Waals surface area contributed by atoms with Crippen molar-refractivity contribution in [3.8, 4) is 6.07 Å². The van der Waals surface area contributed by atoms with Crippen LogP contribution in [0.25, 0.3) is 0 Å². The van der Waals surface area contributed by atoms with E-state index in [0.717, 1.165) is 22.5 Å². The van der Waals surface area contributed by atoms with Gasteiger partial charge in [0.1, 0.15) is 5.82 Å². The molecular weight excluding hydrogens is 227 g/mol. The SMILES string of the molecule is Cc1cc(Nc2cc(F)ccc2C)ccc1C#N. The summed E-state index contributed by atoms with van der Waals surface area (Å²) >= 11 is 0. The minimum Gasteiger partial charge on any atom is -0.355 e. The zero-order chi connectivity index (χ0) is 13.1. The smallest absolute Gasteiger partial charge is 0.125 e. The molecule has 0 spiro atoms. The first-order valence-electron chi connectivity index (χ1n) is 5.64. The van der Waals surface area contributed by atoms with E-state index in [2.05, 4.69) is 11.4 Å². The summed E-state index contributed by atoms with van der Waals surface area (Å²) in [7, 11) is 0. The van der Waals surface area contributed by atoms with E-state index < -0.39 is 0 Å². The van der Waals surface area contributed by atoms with Crippen molar-refractivity contribution in [3.63, 3.8) is 0 Å². The van der Waals surface area contributed by atoms with Crippen molar-refractivity contribution in [2.24, 2.45) is 0 Å². The molecule has 2 aromatic rings. The molecule has 0 radical (unpaired) electrons. The van der Waals surface area contributed by atoms with E-state index in [1.165, 1.54) is 12.1 Å². The van der Waals surface area contributed by atoms with E-state index in [9.17, 15) is 4.39 Å². The fraction of sp³-hybridized carbons (Fsp3) is 0.133. The molecule has 0 saturated heterocycles. The van der Waals surface area contributed by atoms with Crippen LogP contribution in [0.1, 0.15) is 16.7 Å². The van der Waals surface area contributed by atoms with E-state index >= 15 is 0 Å². The zero-order valence-electron chi connectivity index (χ0n) is 10.3. The number of benzene rings is 2. The molecule has 0 aromatic heterocycles. The highest BCUT2D eigenvalue weighted by Gasteiger charge is 2.03. The second kappa shape index (κ2) is 4.89. The van der Waals surface area contributed by atoms with E-state index in [1.807, 2.05) is 26.0 Å². The van der Waals surface area contributed by atoms with Crippen molar-refractivity contribution < 1.29 is 4.39 Å². The summed E-state index contributed by atoms with van der Waals surface area (Å²) in [5.74, 6) is -0.270. The third kappa shape index (κ3) is 2.49. The molecular formula is C15H13FN2. The minimum absolute atomic E-state index is 0.270. The first kappa shape index (κ1) is 12.1. The number of hydrogen-bond donors (Lipinski definition) is 1. The van der Waals surface area contributed by atoms with E-state index in [1.54, 1.807) is 12.1 Å². The average Bonchev–Trinajstić information content (AvgIpc) is 2.34.